The summed E-state index contributed by atoms with van der Waals surface area (Å²) in [5, 5.41) is 18.6. The Labute approximate surface area is 125 Å². The van der Waals surface area contributed by atoms with Crippen molar-refractivity contribution < 1.29 is 4.79 Å². The molecule has 0 saturated heterocycles. The van der Waals surface area contributed by atoms with Crippen molar-refractivity contribution >= 4 is 23.1 Å². The third kappa shape index (κ3) is 2.87. The van der Waals surface area contributed by atoms with Crippen LogP contribution in [0.4, 0.5) is 5.82 Å². The zero-order chi connectivity index (χ0) is 14.8. The van der Waals surface area contributed by atoms with E-state index in [0.717, 1.165) is 16.3 Å². The first-order valence-corrected chi connectivity index (χ1v) is 7.47. The number of nitrogens with one attached hydrogen (secondary N) is 3. The van der Waals surface area contributed by atoms with Gasteiger partial charge in [0.1, 0.15) is 0 Å². The lowest BCUT2D eigenvalue weighted by atomic mass is 10.1. The maximum Gasteiger partial charge on any atom is 0.277 e. The number of amides is 1. The predicted octanol–water partition coefficient (Wildman–Crippen LogP) is 3.24. The number of H-pyrrole nitrogens is 2. The number of rotatable bonds is 4. The molecule has 0 unspecified atom stereocenters. The molecule has 3 rings (SSSR count). The summed E-state index contributed by atoms with van der Waals surface area (Å²) < 4.78 is 0. The number of hydrogen-bond donors (Lipinski definition) is 3. The van der Waals surface area contributed by atoms with Gasteiger partial charge in [-0.3, -0.25) is 15.0 Å². The van der Waals surface area contributed by atoms with Crippen LogP contribution < -0.4 is 5.32 Å². The summed E-state index contributed by atoms with van der Waals surface area (Å²) in [7, 11) is 0. The molecule has 1 amide bonds. The van der Waals surface area contributed by atoms with E-state index in [1.807, 2.05) is 23.6 Å². The molecule has 0 bridgehead atoms. The molecule has 0 radical (unpaired) electrons. The van der Waals surface area contributed by atoms with E-state index in [2.05, 4.69) is 39.6 Å². The molecule has 0 aliphatic rings. The second-order valence-corrected chi connectivity index (χ2v) is 5.91. The third-order valence-corrected chi connectivity index (χ3v) is 3.96. The fourth-order valence-electron chi connectivity index (χ4n) is 1.87. The minimum absolute atomic E-state index is 0.282. The van der Waals surface area contributed by atoms with Crippen molar-refractivity contribution in [1.82, 2.24) is 20.4 Å². The van der Waals surface area contributed by atoms with Gasteiger partial charge in [-0.25, -0.2) is 0 Å². The van der Waals surface area contributed by atoms with Crippen molar-refractivity contribution in [3.8, 4) is 10.6 Å². The number of carbonyl (C=O) groups is 1. The number of nitrogens with zero attached hydrogens (tertiary/aromatic N) is 2. The van der Waals surface area contributed by atoms with Crippen molar-refractivity contribution in [3.05, 3.63) is 41.0 Å². The standard InChI is InChI=1S/C14H15N5OS/c1-8(2)9-7-13(19-16-9)15-14(20)11-6-10(17-18-11)12-4-3-5-21-12/h3-8H,1-2H3,(H,17,18)(H2,15,16,19,20). The largest absolute Gasteiger partial charge is 0.304 e. The second-order valence-electron chi connectivity index (χ2n) is 4.96. The van der Waals surface area contributed by atoms with Gasteiger partial charge in [0, 0.05) is 11.8 Å². The van der Waals surface area contributed by atoms with Crippen LogP contribution in [0.3, 0.4) is 0 Å². The highest BCUT2D eigenvalue weighted by atomic mass is 32.1. The molecule has 0 saturated carbocycles. The molecule has 0 aromatic carbocycles. The van der Waals surface area contributed by atoms with Crippen LogP contribution in [0.2, 0.25) is 0 Å². The first kappa shape index (κ1) is 13.6. The molecule has 3 aromatic heterocycles. The number of carbonyl (C=O) groups excluding carboxylic acids is 1. The quantitative estimate of drug-likeness (QED) is 0.691. The van der Waals surface area contributed by atoms with Gasteiger partial charge in [0.05, 0.1) is 10.6 Å². The summed E-state index contributed by atoms with van der Waals surface area (Å²) in [5.74, 6) is 0.555. The summed E-state index contributed by atoms with van der Waals surface area (Å²) in [5.41, 5.74) is 2.15. The Hall–Kier alpha value is -2.41. The summed E-state index contributed by atoms with van der Waals surface area (Å²) in [6.45, 7) is 4.11. The predicted molar refractivity (Wildman–Crippen MR) is 82.5 cm³/mol. The average Bonchev–Trinajstić information content (AvgIpc) is 3.19. The molecule has 3 heterocycles. The van der Waals surface area contributed by atoms with Crippen molar-refractivity contribution in [2.45, 2.75) is 19.8 Å². The molecule has 7 heteroatoms. The molecule has 0 atom stereocenters. The summed E-state index contributed by atoms with van der Waals surface area (Å²) in [6, 6.07) is 7.49. The Morgan fingerprint density at radius 3 is 2.81 bits per heavy atom. The molecule has 3 N–H and O–H groups in total. The number of hydrogen-bond acceptors (Lipinski definition) is 4. The van der Waals surface area contributed by atoms with Crippen LogP contribution in [0.5, 0.6) is 0 Å². The first-order valence-electron chi connectivity index (χ1n) is 6.59. The lowest BCUT2D eigenvalue weighted by Gasteiger charge is -1.98. The van der Waals surface area contributed by atoms with Crippen LogP contribution >= 0.6 is 11.3 Å². The average molecular weight is 301 g/mol. The lowest BCUT2D eigenvalue weighted by Crippen LogP contribution is -2.12. The molecular formula is C14H15N5OS. The van der Waals surface area contributed by atoms with E-state index in [0.29, 0.717) is 17.4 Å². The molecule has 108 valence electrons. The zero-order valence-electron chi connectivity index (χ0n) is 11.7. The van der Waals surface area contributed by atoms with Crippen molar-refractivity contribution in [3.63, 3.8) is 0 Å². The molecule has 0 aliphatic heterocycles. The highest BCUT2D eigenvalue weighted by Gasteiger charge is 2.14. The van der Waals surface area contributed by atoms with Gasteiger partial charge in [-0.05, 0) is 23.4 Å². The van der Waals surface area contributed by atoms with E-state index >= 15 is 0 Å². The number of thiophene rings is 1. The Balaban J connectivity index is 1.73. The third-order valence-electron chi connectivity index (χ3n) is 3.06. The Morgan fingerprint density at radius 1 is 1.29 bits per heavy atom. The van der Waals surface area contributed by atoms with E-state index in [4.69, 9.17) is 0 Å². The Bertz CT molecular complexity index is 741. The summed E-state index contributed by atoms with van der Waals surface area (Å²) in [4.78, 5) is 13.2. The fraction of sp³-hybridized carbons (Fsp3) is 0.214. The molecule has 3 aromatic rings. The van der Waals surface area contributed by atoms with E-state index in [-0.39, 0.29) is 5.91 Å². The summed E-state index contributed by atoms with van der Waals surface area (Å²) in [6.07, 6.45) is 0. The Morgan fingerprint density at radius 2 is 2.14 bits per heavy atom. The van der Waals surface area contributed by atoms with Crippen LogP contribution in [-0.2, 0) is 0 Å². The lowest BCUT2D eigenvalue weighted by molar-refractivity contribution is 0.102. The minimum Gasteiger partial charge on any atom is -0.304 e. The zero-order valence-corrected chi connectivity index (χ0v) is 12.5. The molecule has 21 heavy (non-hydrogen) atoms. The van der Waals surface area contributed by atoms with Crippen molar-refractivity contribution in [2.75, 3.05) is 5.32 Å². The number of aromatic nitrogens is 4. The van der Waals surface area contributed by atoms with Gasteiger partial charge in [0.15, 0.2) is 11.5 Å². The van der Waals surface area contributed by atoms with Gasteiger partial charge in [-0.15, -0.1) is 11.3 Å². The molecule has 0 aliphatic carbocycles. The van der Waals surface area contributed by atoms with Crippen LogP contribution in [0.25, 0.3) is 10.6 Å². The molecule has 0 spiro atoms. The minimum atomic E-state index is -0.282. The van der Waals surface area contributed by atoms with Crippen LogP contribution in [0, 0.1) is 0 Å². The van der Waals surface area contributed by atoms with E-state index < -0.39 is 0 Å². The number of aromatic amines is 2. The monoisotopic (exact) mass is 301 g/mol. The van der Waals surface area contributed by atoms with Crippen LogP contribution in [-0.4, -0.2) is 26.3 Å². The molecular weight excluding hydrogens is 286 g/mol. The van der Waals surface area contributed by atoms with E-state index in [9.17, 15) is 4.79 Å². The van der Waals surface area contributed by atoms with Gasteiger partial charge in [0.2, 0.25) is 0 Å². The maximum absolute atomic E-state index is 12.1. The summed E-state index contributed by atoms with van der Waals surface area (Å²) >= 11 is 1.59. The normalized spacial score (nSPS) is 11.0. The Kier molecular flexibility index (Phi) is 3.57. The second kappa shape index (κ2) is 5.53. The topological polar surface area (TPSA) is 86.5 Å². The maximum atomic E-state index is 12.1. The van der Waals surface area contributed by atoms with E-state index in [1.54, 1.807) is 17.4 Å². The van der Waals surface area contributed by atoms with Gasteiger partial charge in [-0.2, -0.15) is 10.2 Å². The SMILES string of the molecule is CC(C)c1cc(NC(=O)c2cc(-c3cccs3)[nH]n2)n[nH]1. The number of anilines is 1. The first-order chi connectivity index (χ1) is 10.1. The van der Waals surface area contributed by atoms with Crippen molar-refractivity contribution in [1.29, 1.82) is 0 Å². The van der Waals surface area contributed by atoms with Gasteiger partial charge < -0.3 is 5.32 Å². The fourth-order valence-corrected chi connectivity index (χ4v) is 2.57. The molecule has 0 fully saturated rings. The highest BCUT2D eigenvalue weighted by Crippen LogP contribution is 2.23. The molecule has 6 nitrogen and oxygen atoms in total. The van der Waals surface area contributed by atoms with E-state index in [1.165, 1.54) is 0 Å². The van der Waals surface area contributed by atoms with Crippen LogP contribution in [0.15, 0.2) is 29.6 Å². The van der Waals surface area contributed by atoms with Crippen molar-refractivity contribution in [2.24, 2.45) is 0 Å². The van der Waals surface area contributed by atoms with Crippen LogP contribution in [0.1, 0.15) is 35.9 Å². The van der Waals surface area contributed by atoms with Gasteiger partial charge in [-0.1, -0.05) is 19.9 Å². The van der Waals surface area contributed by atoms with Gasteiger partial charge in [0.25, 0.3) is 5.91 Å². The van der Waals surface area contributed by atoms with Gasteiger partial charge >= 0.3 is 0 Å². The smallest absolute Gasteiger partial charge is 0.277 e. The highest BCUT2D eigenvalue weighted by molar-refractivity contribution is 7.13.